The van der Waals surface area contributed by atoms with E-state index in [0.29, 0.717) is 42.2 Å². The van der Waals surface area contributed by atoms with Crippen LogP contribution in [0.5, 0.6) is 5.88 Å². The molecule has 0 bridgehead atoms. The maximum Gasteiger partial charge on any atom is 0.256 e. The summed E-state index contributed by atoms with van der Waals surface area (Å²) in [4.78, 5) is 37.5. The lowest BCUT2D eigenvalue weighted by molar-refractivity contribution is -0.125. The number of amides is 2. The van der Waals surface area contributed by atoms with E-state index in [-0.39, 0.29) is 24.4 Å². The van der Waals surface area contributed by atoms with Crippen LogP contribution in [0.4, 0.5) is 0 Å². The minimum atomic E-state index is -0.257. The van der Waals surface area contributed by atoms with E-state index in [1.807, 2.05) is 44.1 Å². The van der Waals surface area contributed by atoms with E-state index >= 15 is 0 Å². The molecule has 2 aromatic rings. The van der Waals surface area contributed by atoms with Gasteiger partial charge in [0.25, 0.3) is 5.91 Å². The number of carbonyl (C=O) groups is 2. The molecule has 1 aliphatic rings. The van der Waals surface area contributed by atoms with E-state index in [1.165, 1.54) is 7.11 Å². The van der Waals surface area contributed by atoms with Crippen molar-refractivity contribution >= 4 is 11.8 Å². The largest absolute Gasteiger partial charge is 0.481 e. The quantitative estimate of drug-likeness (QED) is 0.721. The van der Waals surface area contributed by atoms with Gasteiger partial charge in [-0.3, -0.25) is 19.5 Å². The van der Waals surface area contributed by atoms with Gasteiger partial charge < -0.3 is 15.0 Å². The molecule has 1 unspecified atom stereocenters. The van der Waals surface area contributed by atoms with Crippen LogP contribution < -0.4 is 10.1 Å². The Balaban J connectivity index is 1.70. The molecule has 0 saturated heterocycles. The molecule has 1 atom stereocenters. The lowest BCUT2D eigenvalue weighted by Crippen LogP contribution is -2.41. The topological polar surface area (TPSA) is 87.7 Å². The van der Waals surface area contributed by atoms with E-state index in [9.17, 15) is 9.59 Å². The molecule has 154 valence electrons. The fourth-order valence-corrected chi connectivity index (χ4v) is 3.15. The smallest absolute Gasteiger partial charge is 0.256 e. The number of fused-ring (bicyclic) bond motifs is 1. The van der Waals surface area contributed by atoms with Gasteiger partial charge in [0.05, 0.1) is 31.0 Å². The summed E-state index contributed by atoms with van der Waals surface area (Å²) in [5.74, 6) is 0.280. The van der Waals surface area contributed by atoms with Crippen LogP contribution in [-0.2, 0) is 24.3 Å². The molecule has 0 fully saturated rings. The Morgan fingerprint density at radius 2 is 2.17 bits per heavy atom. The molecule has 8 heteroatoms. The summed E-state index contributed by atoms with van der Waals surface area (Å²) in [6, 6.07) is 7.28. The van der Waals surface area contributed by atoms with Gasteiger partial charge in [-0.1, -0.05) is 6.07 Å². The number of methoxy groups -OCH3 is 1. The van der Waals surface area contributed by atoms with Gasteiger partial charge in [-0.15, -0.1) is 0 Å². The fraction of sp³-hybridized carbons (Fsp3) is 0.429. The molecule has 0 spiro atoms. The number of hydrogen-bond acceptors (Lipinski definition) is 6. The summed E-state index contributed by atoms with van der Waals surface area (Å²) in [5.41, 5.74) is 2.90. The third-order valence-electron chi connectivity index (χ3n) is 5.16. The molecule has 2 amide bonds. The fourth-order valence-electron chi connectivity index (χ4n) is 3.15. The Labute approximate surface area is 170 Å². The number of nitrogens with zero attached hydrogens (tertiary/aromatic N) is 4. The molecule has 0 saturated carbocycles. The number of rotatable bonds is 8. The standard InChI is InChI=1S/C21H27N5O3/c1-14(25(2)3)19(27)23-12-15-11-17-18(24-20(15)29-4)13-26(21(17)28)10-8-16-7-5-6-9-22-16/h5-7,9,11,14H,8,10,12-13H2,1-4H3,(H,23,27). The summed E-state index contributed by atoms with van der Waals surface area (Å²) in [5, 5.41) is 2.88. The summed E-state index contributed by atoms with van der Waals surface area (Å²) in [6.07, 6.45) is 2.43. The van der Waals surface area contributed by atoms with Gasteiger partial charge >= 0.3 is 0 Å². The summed E-state index contributed by atoms with van der Waals surface area (Å²) < 4.78 is 5.40. The Morgan fingerprint density at radius 3 is 2.83 bits per heavy atom. The van der Waals surface area contributed by atoms with Crippen molar-refractivity contribution in [3.05, 3.63) is 53.0 Å². The number of pyridine rings is 2. The first-order valence-corrected chi connectivity index (χ1v) is 9.60. The second-order valence-corrected chi connectivity index (χ2v) is 7.31. The zero-order chi connectivity index (χ0) is 21.0. The van der Waals surface area contributed by atoms with Crippen molar-refractivity contribution in [2.24, 2.45) is 0 Å². The number of ether oxygens (including phenoxy) is 1. The highest BCUT2D eigenvalue weighted by Gasteiger charge is 2.30. The van der Waals surface area contributed by atoms with Gasteiger partial charge in [-0.2, -0.15) is 0 Å². The maximum absolute atomic E-state index is 12.8. The predicted octanol–water partition coefficient (Wildman–Crippen LogP) is 1.25. The van der Waals surface area contributed by atoms with Crippen molar-refractivity contribution in [1.29, 1.82) is 0 Å². The van der Waals surface area contributed by atoms with Gasteiger partial charge in [0, 0.05) is 37.0 Å². The Hall–Kier alpha value is -3.00. The molecule has 0 aromatic carbocycles. The van der Waals surface area contributed by atoms with Crippen LogP contribution in [0.3, 0.4) is 0 Å². The van der Waals surface area contributed by atoms with Crippen LogP contribution in [0.25, 0.3) is 0 Å². The number of aromatic nitrogens is 2. The monoisotopic (exact) mass is 397 g/mol. The summed E-state index contributed by atoms with van der Waals surface area (Å²) in [6.45, 7) is 3.10. The van der Waals surface area contributed by atoms with Crippen molar-refractivity contribution in [1.82, 2.24) is 25.1 Å². The molecule has 0 aliphatic carbocycles. The SMILES string of the molecule is COc1nc2c(cc1CNC(=O)C(C)N(C)C)C(=O)N(CCc1ccccn1)C2. The highest BCUT2D eigenvalue weighted by molar-refractivity contribution is 5.98. The highest BCUT2D eigenvalue weighted by Crippen LogP contribution is 2.27. The van der Waals surface area contributed by atoms with Crippen molar-refractivity contribution < 1.29 is 14.3 Å². The first-order valence-electron chi connectivity index (χ1n) is 9.60. The van der Waals surface area contributed by atoms with Crippen LogP contribution in [0.1, 0.15) is 34.2 Å². The average molecular weight is 397 g/mol. The first kappa shape index (κ1) is 20.7. The second kappa shape index (κ2) is 9.00. The summed E-state index contributed by atoms with van der Waals surface area (Å²) >= 11 is 0. The molecule has 0 radical (unpaired) electrons. The van der Waals surface area contributed by atoms with Crippen LogP contribution in [0, 0.1) is 0 Å². The molecule has 2 aromatic heterocycles. The molecule has 3 rings (SSSR count). The van der Waals surface area contributed by atoms with Crippen molar-refractivity contribution in [3.8, 4) is 5.88 Å². The Bertz CT molecular complexity index is 885. The van der Waals surface area contributed by atoms with E-state index in [2.05, 4.69) is 15.3 Å². The number of hydrogen-bond donors (Lipinski definition) is 1. The Morgan fingerprint density at radius 1 is 1.38 bits per heavy atom. The van der Waals surface area contributed by atoms with Crippen LogP contribution in [-0.4, -0.2) is 65.4 Å². The van der Waals surface area contributed by atoms with Crippen molar-refractivity contribution in [3.63, 3.8) is 0 Å². The van der Waals surface area contributed by atoms with Crippen LogP contribution >= 0.6 is 0 Å². The molecule has 1 aliphatic heterocycles. The third kappa shape index (κ3) is 4.71. The van der Waals surface area contributed by atoms with Gasteiger partial charge in [0.2, 0.25) is 11.8 Å². The molecule has 1 N–H and O–H groups in total. The summed E-state index contributed by atoms with van der Waals surface area (Å²) in [7, 11) is 5.23. The van der Waals surface area contributed by atoms with Gasteiger partial charge in [0.1, 0.15) is 0 Å². The zero-order valence-corrected chi connectivity index (χ0v) is 17.3. The van der Waals surface area contributed by atoms with Gasteiger partial charge in [-0.25, -0.2) is 4.98 Å². The minimum Gasteiger partial charge on any atom is -0.481 e. The number of nitrogens with one attached hydrogen (secondary N) is 1. The zero-order valence-electron chi connectivity index (χ0n) is 17.3. The molecular formula is C21H27N5O3. The van der Waals surface area contributed by atoms with E-state index in [4.69, 9.17) is 4.74 Å². The average Bonchev–Trinajstić information content (AvgIpc) is 3.04. The minimum absolute atomic E-state index is 0.0553. The van der Waals surface area contributed by atoms with Gasteiger partial charge in [0.15, 0.2) is 0 Å². The molecule has 29 heavy (non-hydrogen) atoms. The van der Waals surface area contributed by atoms with Crippen molar-refractivity contribution in [2.75, 3.05) is 27.7 Å². The molecule has 8 nitrogen and oxygen atoms in total. The molecular weight excluding hydrogens is 370 g/mol. The normalized spacial score (nSPS) is 14.1. The van der Waals surface area contributed by atoms with E-state index in [1.54, 1.807) is 17.2 Å². The van der Waals surface area contributed by atoms with E-state index < -0.39 is 0 Å². The number of likely N-dealkylation sites (N-methyl/N-ethyl adjacent to an activating group) is 1. The number of carbonyl (C=O) groups excluding carboxylic acids is 2. The highest BCUT2D eigenvalue weighted by atomic mass is 16.5. The third-order valence-corrected chi connectivity index (χ3v) is 5.16. The van der Waals surface area contributed by atoms with Crippen LogP contribution in [0.2, 0.25) is 0 Å². The van der Waals surface area contributed by atoms with E-state index in [0.717, 1.165) is 5.69 Å². The maximum atomic E-state index is 12.8. The lowest BCUT2D eigenvalue weighted by Gasteiger charge is -2.19. The van der Waals surface area contributed by atoms with Crippen LogP contribution in [0.15, 0.2) is 30.5 Å². The molecule has 3 heterocycles. The van der Waals surface area contributed by atoms with Gasteiger partial charge in [-0.05, 0) is 39.2 Å². The van der Waals surface area contributed by atoms with Crippen molar-refractivity contribution in [2.45, 2.75) is 32.5 Å². The lowest BCUT2D eigenvalue weighted by atomic mass is 10.1. The first-order chi connectivity index (χ1) is 13.9. The predicted molar refractivity (Wildman–Crippen MR) is 108 cm³/mol. The Kier molecular flexibility index (Phi) is 6.43. The second-order valence-electron chi connectivity index (χ2n) is 7.31.